The SMILES string of the molecule is COc1ccc(OC)c(NC(=O)N[C@H]2COc3ccccc3C2)c1. The molecule has 0 spiro atoms. The first-order chi connectivity index (χ1) is 11.7. The van der Waals surface area contributed by atoms with E-state index in [1.807, 2.05) is 24.3 Å². The third-order valence-electron chi connectivity index (χ3n) is 3.87. The quantitative estimate of drug-likeness (QED) is 0.905. The van der Waals surface area contributed by atoms with E-state index in [0.29, 0.717) is 23.8 Å². The van der Waals surface area contributed by atoms with Crippen molar-refractivity contribution >= 4 is 11.7 Å². The zero-order valence-corrected chi connectivity index (χ0v) is 13.7. The molecule has 0 aliphatic carbocycles. The van der Waals surface area contributed by atoms with Crippen LogP contribution in [0, 0.1) is 0 Å². The van der Waals surface area contributed by atoms with E-state index in [-0.39, 0.29) is 12.1 Å². The van der Waals surface area contributed by atoms with Crippen molar-refractivity contribution in [2.45, 2.75) is 12.5 Å². The summed E-state index contributed by atoms with van der Waals surface area (Å²) in [4.78, 5) is 12.3. The van der Waals surface area contributed by atoms with Crippen molar-refractivity contribution in [1.29, 1.82) is 0 Å². The summed E-state index contributed by atoms with van der Waals surface area (Å²) in [6.07, 6.45) is 0.735. The molecular formula is C18H20N2O4. The molecule has 2 aromatic carbocycles. The monoisotopic (exact) mass is 328 g/mol. The Kier molecular flexibility index (Phi) is 4.74. The van der Waals surface area contributed by atoms with Gasteiger partial charge in [0.1, 0.15) is 23.9 Å². The zero-order valence-electron chi connectivity index (χ0n) is 13.7. The number of anilines is 1. The molecule has 2 aromatic rings. The van der Waals surface area contributed by atoms with Crippen LogP contribution >= 0.6 is 0 Å². The van der Waals surface area contributed by atoms with Crippen LogP contribution in [0.5, 0.6) is 17.2 Å². The van der Waals surface area contributed by atoms with E-state index in [1.165, 1.54) is 0 Å². The smallest absolute Gasteiger partial charge is 0.319 e. The van der Waals surface area contributed by atoms with Gasteiger partial charge in [0, 0.05) is 6.07 Å². The number of fused-ring (bicyclic) bond motifs is 1. The Labute approximate surface area is 140 Å². The fourth-order valence-electron chi connectivity index (χ4n) is 2.68. The normalized spacial score (nSPS) is 15.7. The van der Waals surface area contributed by atoms with Gasteiger partial charge in [-0.25, -0.2) is 4.79 Å². The first-order valence-electron chi connectivity index (χ1n) is 7.70. The number of amides is 2. The van der Waals surface area contributed by atoms with Crippen LogP contribution in [0.1, 0.15) is 5.56 Å². The lowest BCUT2D eigenvalue weighted by atomic mass is 10.0. The predicted octanol–water partition coefficient (Wildman–Crippen LogP) is 2.83. The molecule has 6 heteroatoms. The number of carbonyl (C=O) groups is 1. The highest BCUT2D eigenvalue weighted by Gasteiger charge is 2.21. The standard InChI is InChI=1S/C18H20N2O4/c1-22-14-7-8-17(23-2)15(10-14)20-18(21)19-13-9-12-5-3-4-6-16(12)24-11-13/h3-8,10,13H,9,11H2,1-2H3,(H2,19,20,21)/t13-/m1/s1. The molecular weight excluding hydrogens is 308 g/mol. The van der Waals surface area contributed by atoms with E-state index in [9.17, 15) is 4.79 Å². The lowest BCUT2D eigenvalue weighted by molar-refractivity contribution is 0.222. The molecule has 1 heterocycles. The highest BCUT2D eigenvalue weighted by atomic mass is 16.5. The zero-order chi connectivity index (χ0) is 16.9. The van der Waals surface area contributed by atoms with Crippen LogP contribution in [-0.2, 0) is 6.42 Å². The second-order valence-electron chi connectivity index (χ2n) is 5.48. The summed E-state index contributed by atoms with van der Waals surface area (Å²) in [5.41, 5.74) is 1.64. The van der Waals surface area contributed by atoms with Gasteiger partial charge in [0.15, 0.2) is 0 Å². The summed E-state index contributed by atoms with van der Waals surface area (Å²) in [5, 5.41) is 5.72. The number of nitrogens with one attached hydrogen (secondary N) is 2. The number of methoxy groups -OCH3 is 2. The molecule has 0 saturated carbocycles. The summed E-state index contributed by atoms with van der Waals surface area (Å²) < 4.78 is 16.1. The molecule has 1 aliphatic rings. The average molecular weight is 328 g/mol. The molecule has 0 saturated heterocycles. The van der Waals surface area contributed by atoms with Crippen LogP contribution in [-0.4, -0.2) is 32.9 Å². The van der Waals surface area contributed by atoms with Crippen molar-refractivity contribution < 1.29 is 19.0 Å². The molecule has 3 rings (SSSR count). The highest BCUT2D eigenvalue weighted by Crippen LogP contribution is 2.29. The largest absolute Gasteiger partial charge is 0.497 e. The van der Waals surface area contributed by atoms with Crippen LogP contribution in [0.4, 0.5) is 10.5 Å². The van der Waals surface area contributed by atoms with Gasteiger partial charge in [0.25, 0.3) is 0 Å². The minimum Gasteiger partial charge on any atom is -0.497 e. The highest BCUT2D eigenvalue weighted by molar-refractivity contribution is 5.91. The van der Waals surface area contributed by atoms with Crippen LogP contribution in [0.15, 0.2) is 42.5 Å². The van der Waals surface area contributed by atoms with Gasteiger partial charge in [-0.3, -0.25) is 0 Å². The predicted molar refractivity (Wildman–Crippen MR) is 91.1 cm³/mol. The Morgan fingerprint density at radius 1 is 1.17 bits per heavy atom. The van der Waals surface area contributed by atoms with Gasteiger partial charge in [-0.15, -0.1) is 0 Å². The van der Waals surface area contributed by atoms with E-state index >= 15 is 0 Å². The summed E-state index contributed by atoms with van der Waals surface area (Å²) in [7, 11) is 3.12. The maximum Gasteiger partial charge on any atom is 0.319 e. The Hall–Kier alpha value is -2.89. The first kappa shape index (κ1) is 16.0. The lowest BCUT2D eigenvalue weighted by Crippen LogP contribution is -2.44. The number of ether oxygens (including phenoxy) is 3. The maximum absolute atomic E-state index is 12.3. The summed E-state index contributed by atoms with van der Waals surface area (Å²) >= 11 is 0. The molecule has 6 nitrogen and oxygen atoms in total. The second kappa shape index (κ2) is 7.12. The lowest BCUT2D eigenvalue weighted by Gasteiger charge is -2.26. The van der Waals surface area contributed by atoms with Gasteiger partial charge in [-0.05, 0) is 30.2 Å². The minimum absolute atomic E-state index is 0.0866. The molecule has 0 fully saturated rings. The van der Waals surface area contributed by atoms with Gasteiger partial charge < -0.3 is 24.8 Å². The number of benzene rings is 2. The van der Waals surface area contributed by atoms with Gasteiger partial charge in [-0.2, -0.15) is 0 Å². The number of hydrogen-bond donors (Lipinski definition) is 2. The maximum atomic E-state index is 12.3. The molecule has 24 heavy (non-hydrogen) atoms. The van der Waals surface area contributed by atoms with Gasteiger partial charge in [-0.1, -0.05) is 18.2 Å². The van der Waals surface area contributed by atoms with E-state index in [1.54, 1.807) is 32.4 Å². The van der Waals surface area contributed by atoms with Crippen LogP contribution in [0.2, 0.25) is 0 Å². The summed E-state index contributed by atoms with van der Waals surface area (Å²) in [6.45, 7) is 0.444. The van der Waals surface area contributed by atoms with Gasteiger partial charge in [0.2, 0.25) is 0 Å². The van der Waals surface area contributed by atoms with Crippen LogP contribution in [0.3, 0.4) is 0 Å². The van der Waals surface area contributed by atoms with Gasteiger partial charge in [0.05, 0.1) is 25.9 Å². The molecule has 126 valence electrons. The van der Waals surface area contributed by atoms with Crippen molar-refractivity contribution in [1.82, 2.24) is 5.32 Å². The molecule has 0 unspecified atom stereocenters. The Morgan fingerprint density at radius 2 is 2.00 bits per heavy atom. The van der Waals surface area contributed by atoms with Crippen LogP contribution in [0.25, 0.3) is 0 Å². The molecule has 1 atom stereocenters. The summed E-state index contributed by atoms with van der Waals surface area (Å²) in [5.74, 6) is 2.09. The van der Waals surface area contributed by atoms with E-state index in [2.05, 4.69) is 10.6 Å². The molecule has 1 aliphatic heterocycles. The third-order valence-corrected chi connectivity index (χ3v) is 3.87. The Morgan fingerprint density at radius 3 is 2.79 bits per heavy atom. The second-order valence-corrected chi connectivity index (χ2v) is 5.48. The van der Waals surface area contributed by atoms with Crippen molar-refractivity contribution in [2.24, 2.45) is 0 Å². The van der Waals surface area contributed by atoms with Crippen molar-refractivity contribution in [3.05, 3.63) is 48.0 Å². The topological polar surface area (TPSA) is 68.8 Å². The number of urea groups is 1. The van der Waals surface area contributed by atoms with Crippen LogP contribution < -0.4 is 24.8 Å². The number of hydrogen-bond acceptors (Lipinski definition) is 4. The number of carbonyl (C=O) groups excluding carboxylic acids is 1. The minimum atomic E-state index is -0.311. The Bertz CT molecular complexity index is 733. The van der Waals surface area contributed by atoms with E-state index < -0.39 is 0 Å². The molecule has 2 amide bonds. The molecule has 0 bridgehead atoms. The van der Waals surface area contributed by atoms with E-state index in [4.69, 9.17) is 14.2 Å². The average Bonchev–Trinajstić information content (AvgIpc) is 2.61. The fraction of sp³-hybridized carbons (Fsp3) is 0.278. The molecule has 0 aromatic heterocycles. The fourth-order valence-corrected chi connectivity index (χ4v) is 2.68. The number of para-hydroxylation sites is 1. The third kappa shape index (κ3) is 3.53. The number of rotatable bonds is 4. The molecule has 2 N–H and O–H groups in total. The van der Waals surface area contributed by atoms with Crippen molar-refractivity contribution in [3.63, 3.8) is 0 Å². The molecule has 0 radical (unpaired) electrons. The van der Waals surface area contributed by atoms with Gasteiger partial charge >= 0.3 is 6.03 Å². The van der Waals surface area contributed by atoms with Crippen molar-refractivity contribution in [3.8, 4) is 17.2 Å². The van der Waals surface area contributed by atoms with Crippen molar-refractivity contribution in [2.75, 3.05) is 26.1 Å². The first-order valence-corrected chi connectivity index (χ1v) is 7.70. The summed E-state index contributed by atoms with van der Waals surface area (Å²) in [6, 6.07) is 12.7. The Balaban J connectivity index is 1.64. The van der Waals surface area contributed by atoms with E-state index in [0.717, 1.165) is 17.7 Å².